The molecule has 1 heterocycles. The van der Waals surface area contributed by atoms with E-state index in [0.29, 0.717) is 10.7 Å². The maximum Gasteiger partial charge on any atom is 0.258 e. The molecule has 1 N–H and O–H groups in total. The van der Waals surface area contributed by atoms with Gasteiger partial charge in [-0.05, 0) is 31.0 Å². The molecule has 3 aromatic rings. The van der Waals surface area contributed by atoms with Crippen molar-refractivity contribution >= 4 is 40.0 Å². The predicted molar refractivity (Wildman–Crippen MR) is 130 cm³/mol. The molecule has 0 radical (unpaired) electrons. The van der Waals surface area contributed by atoms with Crippen LogP contribution in [0.4, 0.5) is 5.13 Å². The van der Waals surface area contributed by atoms with E-state index < -0.39 is 0 Å². The number of hydrogen-bond acceptors (Lipinski definition) is 5. The molecule has 1 aromatic heterocycles. The van der Waals surface area contributed by atoms with Gasteiger partial charge in [0.25, 0.3) is 5.91 Å². The number of aryl methyl sites for hydroxylation is 2. The van der Waals surface area contributed by atoms with Crippen LogP contribution in [0.25, 0.3) is 11.3 Å². The SMILES string of the molecule is CCCc1ccc(-c2nc(NC(=O)c3ccccc3SCC(=O)N(C)C)sc2C)cc1. The number of carbonyl (C=O) groups is 2. The largest absolute Gasteiger partial charge is 0.348 e. The Bertz CT molecular complexity index is 1060. The molecule has 2 aromatic carbocycles. The number of thiazole rings is 1. The van der Waals surface area contributed by atoms with Crippen molar-refractivity contribution in [2.75, 3.05) is 25.2 Å². The Hall–Kier alpha value is -2.64. The molecule has 0 saturated carbocycles. The van der Waals surface area contributed by atoms with E-state index in [4.69, 9.17) is 0 Å². The van der Waals surface area contributed by atoms with E-state index in [2.05, 4.69) is 41.5 Å². The number of aromatic nitrogens is 1. The van der Waals surface area contributed by atoms with Crippen molar-refractivity contribution < 1.29 is 9.59 Å². The summed E-state index contributed by atoms with van der Waals surface area (Å²) in [5.41, 5.74) is 3.79. The molecule has 0 aliphatic carbocycles. The van der Waals surface area contributed by atoms with Crippen LogP contribution in [0.2, 0.25) is 0 Å². The van der Waals surface area contributed by atoms with E-state index in [9.17, 15) is 9.59 Å². The number of nitrogens with zero attached hydrogens (tertiary/aromatic N) is 2. The van der Waals surface area contributed by atoms with Crippen molar-refractivity contribution in [1.29, 1.82) is 0 Å². The lowest BCUT2D eigenvalue weighted by molar-refractivity contribution is -0.125. The Morgan fingerprint density at radius 2 is 1.81 bits per heavy atom. The first-order valence-corrected chi connectivity index (χ1v) is 12.0. The minimum Gasteiger partial charge on any atom is -0.348 e. The number of rotatable bonds is 8. The Labute approximate surface area is 191 Å². The lowest BCUT2D eigenvalue weighted by atomic mass is 10.1. The Kier molecular flexibility index (Phi) is 7.87. The summed E-state index contributed by atoms with van der Waals surface area (Å²) in [6.07, 6.45) is 2.18. The van der Waals surface area contributed by atoms with Crippen LogP contribution in [0.5, 0.6) is 0 Å². The van der Waals surface area contributed by atoms with E-state index in [-0.39, 0.29) is 17.6 Å². The van der Waals surface area contributed by atoms with Crippen LogP contribution in [0.3, 0.4) is 0 Å². The van der Waals surface area contributed by atoms with Crippen LogP contribution in [0.15, 0.2) is 53.4 Å². The first kappa shape index (κ1) is 23.0. The van der Waals surface area contributed by atoms with Gasteiger partial charge in [0.1, 0.15) is 0 Å². The van der Waals surface area contributed by atoms with Crippen LogP contribution in [0, 0.1) is 6.92 Å². The number of amides is 2. The fourth-order valence-corrected chi connectivity index (χ4v) is 4.91. The third-order valence-electron chi connectivity index (χ3n) is 4.76. The molecule has 0 unspecified atom stereocenters. The molecule has 3 rings (SSSR count). The maximum absolute atomic E-state index is 12.9. The van der Waals surface area contributed by atoms with Gasteiger partial charge in [0.2, 0.25) is 5.91 Å². The zero-order valence-electron chi connectivity index (χ0n) is 18.3. The quantitative estimate of drug-likeness (QED) is 0.457. The summed E-state index contributed by atoms with van der Waals surface area (Å²) in [6, 6.07) is 15.8. The molecule has 31 heavy (non-hydrogen) atoms. The van der Waals surface area contributed by atoms with E-state index in [0.717, 1.165) is 33.9 Å². The maximum atomic E-state index is 12.9. The van der Waals surface area contributed by atoms with Crippen molar-refractivity contribution in [2.45, 2.75) is 31.6 Å². The topological polar surface area (TPSA) is 62.3 Å². The monoisotopic (exact) mass is 453 g/mol. The average molecular weight is 454 g/mol. The van der Waals surface area contributed by atoms with Crippen LogP contribution in [-0.4, -0.2) is 41.5 Å². The fraction of sp³-hybridized carbons (Fsp3) is 0.292. The van der Waals surface area contributed by atoms with Gasteiger partial charge in [-0.3, -0.25) is 14.9 Å². The molecule has 0 atom stereocenters. The summed E-state index contributed by atoms with van der Waals surface area (Å²) in [5, 5.41) is 3.50. The number of hydrogen-bond donors (Lipinski definition) is 1. The summed E-state index contributed by atoms with van der Waals surface area (Å²) in [5.74, 6) is 0.0654. The molecule has 0 aliphatic rings. The molecule has 5 nitrogen and oxygen atoms in total. The molecule has 7 heteroatoms. The van der Waals surface area contributed by atoms with Gasteiger partial charge in [-0.1, -0.05) is 49.7 Å². The summed E-state index contributed by atoms with van der Waals surface area (Å²) >= 11 is 2.83. The van der Waals surface area contributed by atoms with Crippen molar-refractivity contribution in [3.8, 4) is 11.3 Å². The second-order valence-corrected chi connectivity index (χ2v) is 9.62. The van der Waals surface area contributed by atoms with Crippen molar-refractivity contribution in [3.05, 3.63) is 64.5 Å². The van der Waals surface area contributed by atoms with Crippen LogP contribution in [0.1, 0.15) is 34.1 Å². The number of benzene rings is 2. The summed E-state index contributed by atoms with van der Waals surface area (Å²) in [7, 11) is 3.45. The molecule has 162 valence electrons. The number of carbonyl (C=O) groups excluding carboxylic acids is 2. The zero-order valence-corrected chi connectivity index (χ0v) is 19.9. The lowest BCUT2D eigenvalue weighted by Gasteiger charge is -2.11. The van der Waals surface area contributed by atoms with Gasteiger partial charge < -0.3 is 4.90 Å². The second-order valence-electron chi connectivity index (χ2n) is 7.40. The molecule has 0 spiro atoms. The zero-order chi connectivity index (χ0) is 22.4. The fourth-order valence-electron chi connectivity index (χ4n) is 3.05. The molecule has 0 saturated heterocycles. The highest BCUT2D eigenvalue weighted by atomic mass is 32.2. The highest BCUT2D eigenvalue weighted by Crippen LogP contribution is 2.31. The molecule has 0 fully saturated rings. The highest BCUT2D eigenvalue weighted by molar-refractivity contribution is 8.00. The van der Waals surface area contributed by atoms with E-state index in [1.54, 1.807) is 25.1 Å². The van der Waals surface area contributed by atoms with E-state index >= 15 is 0 Å². The lowest BCUT2D eigenvalue weighted by Crippen LogP contribution is -2.23. The first-order chi connectivity index (χ1) is 14.9. The van der Waals surface area contributed by atoms with E-state index in [1.165, 1.54) is 28.7 Å². The summed E-state index contributed by atoms with van der Waals surface area (Å²) < 4.78 is 0. The second kappa shape index (κ2) is 10.6. The standard InChI is InChI=1S/C24H27N3O2S2/c1-5-8-17-11-13-18(14-12-17)22-16(2)31-24(25-22)26-23(29)19-9-6-7-10-20(19)30-15-21(28)27(3)4/h6-7,9-14H,5,8,15H2,1-4H3,(H,25,26,29). The molecule has 0 aliphatic heterocycles. The third kappa shape index (κ3) is 5.95. The average Bonchev–Trinajstić information content (AvgIpc) is 3.12. The van der Waals surface area contributed by atoms with Crippen molar-refractivity contribution in [2.24, 2.45) is 0 Å². The predicted octanol–water partition coefficient (Wildman–Crippen LogP) is 5.50. The molecule has 2 amide bonds. The van der Waals surface area contributed by atoms with Gasteiger partial charge in [-0.25, -0.2) is 4.98 Å². The van der Waals surface area contributed by atoms with Gasteiger partial charge in [0.15, 0.2) is 5.13 Å². The van der Waals surface area contributed by atoms with Crippen molar-refractivity contribution in [1.82, 2.24) is 9.88 Å². The summed E-state index contributed by atoms with van der Waals surface area (Å²) in [4.78, 5) is 32.9. The van der Waals surface area contributed by atoms with Crippen molar-refractivity contribution in [3.63, 3.8) is 0 Å². The van der Waals surface area contributed by atoms with Gasteiger partial charge in [0.05, 0.1) is 17.0 Å². The summed E-state index contributed by atoms with van der Waals surface area (Å²) in [6.45, 7) is 4.18. The normalized spacial score (nSPS) is 10.7. The van der Waals surface area contributed by atoms with Gasteiger partial charge in [-0.2, -0.15) is 0 Å². The first-order valence-electron chi connectivity index (χ1n) is 10.2. The minimum atomic E-state index is -0.223. The van der Waals surface area contributed by atoms with Gasteiger partial charge >= 0.3 is 0 Å². The minimum absolute atomic E-state index is 0.00496. The van der Waals surface area contributed by atoms with Crippen LogP contribution < -0.4 is 5.32 Å². The van der Waals surface area contributed by atoms with Crippen LogP contribution >= 0.6 is 23.1 Å². The van der Waals surface area contributed by atoms with Crippen LogP contribution in [-0.2, 0) is 11.2 Å². The smallest absolute Gasteiger partial charge is 0.258 e. The Morgan fingerprint density at radius 3 is 2.48 bits per heavy atom. The number of nitrogens with one attached hydrogen (secondary N) is 1. The Balaban J connectivity index is 1.74. The number of thioether (sulfide) groups is 1. The van der Waals surface area contributed by atoms with Gasteiger partial charge in [-0.15, -0.1) is 23.1 Å². The van der Waals surface area contributed by atoms with Gasteiger partial charge in [0, 0.05) is 29.4 Å². The number of anilines is 1. The molecule has 0 bridgehead atoms. The Morgan fingerprint density at radius 1 is 1.10 bits per heavy atom. The third-order valence-corrected chi connectivity index (χ3v) is 6.71. The molecular weight excluding hydrogens is 426 g/mol. The molecular formula is C24H27N3O2S2. The highest BCUT2D eigenvalue weighted by Gasteiger charge is 2.17. The van der Waals surface area contributed by atoms with E-state index in [1.807, 2.05) is 25.1 Å².